The van der Waals surface area contributed by atoms with E-state index in [-0.39, 0.29) is 11.9 Å². The van der Waals surface area contributed by atoms with Crippen LogP contribution in [0.15, 0.2) is 97.3 Å². The van der Waals surface area contributed by atoms with Crippen molar-refractivity contribution in [2.45, 2.75) is 19.1 Å². The molecule has 1 aliphatic rings. The number of amides is 1. The van der Waals surface area contributed by atoms with Crippen molar-refractivity contribution in [3.8, 4) is 17.2 Å². The summed E-state index contributed by atoms with van der Waals surface area (Å²) in [5.74, 6) is 1.80. The van der Waals surface area contributed by atoms with Crippen LogP contribution in [0.3, 0.4) is 0 Å². The van der Waals surface area contributed by atoms with Crippen molar-refractivity contribution in [1.29, 1.82) is 0 Å². The molecule has 1 fully saturated rings. The van der Waals surface area contributed by atoms with Gasteiger partial charge in [-0.1, -0.05) is 30.3 Å². The molecule has 0 spiro atoms. The number of anilines is 1. The molecule has 1 N–H and O–H groups in total. The van der Waals surface area contributed by atoms with Crippen LogP contribution in [-0.2, 0) is 0 Å². The van der Waals surface area contributed by atoms with Gasteiger partial charge in [-0.3, -0.25) is 4.79 Å². The van der Waals surface area contributed by atoms with Crippen molar-refractivity contribution in [2.75, 3.05) is 24.5 Å². The fraction of sp³-hybridized carbons (Fsp3) is 0.200. The fourth-order valence-electron chi connectivity index (χ4n) is 4.73. The SMILES string of the molecule is CC1CN(c2nc(C(O)c3ccc(Oc4ccccc4)cc3)ns2)CCN1C(=O)c1ccc(-n2cccn2)cc1. The second kappa shape index (κ2) is 11.3. The summed E-state index contributed by atoms with van der Waals surface area (Å²) in [7, 11) is 0. The van der Waals surface area contributed by atoms with Gasteiger partial charge in [-0.15, -0.1) is 0 Å². The van der Waals surface area contributed by atoms with E-state index in [2.05, 4.69) is 19.4 Å². The highest BCUT2D eigenvalue weighted by atomic mass is 32.1. The number of carbonyl (C=O) groups excluding carboxylic acids is 1. The van der Waals surface area contributed by atoms with Crippen LogP contribution >= 0.6 is 11.5 Å². The first kappa shape index (κ1) is 25.7. The van der Waals surface area contributed by atoms with Crippen molar-refractivity contribution in [1.82, 2.24) is 24.0 Å². The number of ether oxygens (including phenoxy) is 1. The van der Waals surface area contributed by atoms with Gasteiger partial charge < -0.3 is 19.6 Å². The van der Waals surface area contributed by atoms with Crippen LogP contribution in [0.5, 0.6) is 11.5 Å². The number of piperazine rings is 1. The lowest BCUT2D eigenvalue weighted by Crippen LogP contribution is -2.54. The molecule has 1 amide bonds. The first-order valence-corrected chi connectivity index (χ1v) is 13.8. The smallest absolute Gasteiger partial charge is 0.254 e. The number of rotatable bonds is 7. The molecule has 0 bridgehead atoms. The van der Waals surface area contributed by atoms with E-state index < -0.39 is 6.10 Å². The Labute approximate surface area is 236 Å². The van der Waals surface area contributed by atoms with Crippen molar-refractivity contribution in [3.63, 3.8) is 0 Å². The number of hydrogen-bond acceptors (Lipinski definition) is 8. The van der Waals surface area contributed by atoms with E-state index in [1.807, 2.05) is 103 Å². The van der Waals surface area contributed by atoms with Gasteiger partial charge in [-0.05, 0) is 67.1 Å². The lowest BCUT2D eigenvalue weighted by molar-refractivity contribution is 0.0674. The van der Waals surface area contributed by atoms with E-state index in [0.29, 0.717) is 42.3 Å². The minimum atomic E-state index is -0.944. The first-order chi connectivity index (χ1) is 19.5. The average Bonchev–Trinajstić information content (AvgIpc) is 3.71. The quantitative estimate of drug-likeness (QED) is 0.305. The molecule has 9 nitrogen and oxygen atoms in total. The maximum absolute atomic E-state index is 13.2. The second-order valence-electron chi connectivity index (χ2n) is 9.61. The monoisotopic (exact) mass is 552 g/mol. The number of nitrogens with zero attached hydrogens (tertiary/aromatic N) is 6. The van der Waals surface area contributed by atoms with Crippen LogP contribution in [-0.4, -0.2) is 60.7 Å². The van der Waals surface area contributed by atoms with Gasteiger partial charge in [0.2, 0.25) is 5.13 Å². The van der Waals surface area contributed by atoms with Gasteiger partial charge in [0.15, 0.2) is 5.82 Å². The lowest BCUT2D eigenvalue weighted by atomic mass is 10.1. The van der Waals surface area contributed by atoms with Crippen LogP contribution in [0.1, 0.15) is 34.8 Å². The number of aliphatic hydroxyl groups is 1. The molecule has 2 aromatic heterocycles. The minimum Gasteiger partial charge on any atom is -0.457 e. The number of aliphatic hydroxyl groups excluding tert-OH is 1. The van der Waals surface area contributed by atoms with E-state index in [4.69, 9.17) is 4.74 Å². The summed E-state index contributed by atoms with van der Waals surface area (Å²) in [4.78, 5) is 21.9. The van der Waals surface area contributed by atoms with E-state index >= 15 is 0 Å². The Morgan fingerprint density at radius 2 is 1.73 bits per heavy atom. The molecule has 6 rings (SSSR count). The molecule has 1 saturated heterocycles. The van der Waals surface area contributed by atoms with Gasteiger partial charge in [0.1, 0.15) is 17.6 Å². The summed E-state index contributed by atoms with van der Waals surface area (Å²) in [5, 5.41) is 15.9. The Kier molecular flexibility index (Phi) is 7.26. The third-order valence-corrected chi connectivity index (χ3v) is 7.68. The largest absolute Gasteiger partial charge is 0.457 e. The number of aromatic nitrogens is 4. The highest BCUT2D eigenvalue weighted by Crippen LogP contribution is 2.29. The van der Waals surface area contributed by atoms with Gasteiger partial charge in [-0.25, -0.2) is 9.67 Å². The molecule has 10 heteroatoms. The van der Waals surface area contributed by atoms with Crippen LogP contribution in [0, 0.1) is 0 Å². The lowest BCUT2D eigenvalue weighted by Gasteiger charge is -2.39. The molecular formula is C30H28N6O3S. The summed E-state index contributed by atoms with van der Waals surface area (Å²) in [6, 6.07) is 26.2. The van der Waals surface area contributed by atoms with E-state index in [1.165, 1.54) is 11.5 Å². The zero-order chi connectivity index (χ0) is 27.5. The summed E-state index contributed by atoms with van der Waals surface area (Å²) in [5.41, 5.74) is 2.25. The summed E-state index contributed by atoms with van der Waals surface area (Å²) in [6.45, 7) is 3.88. The van der Waals surface area contributed by atoms with Crippen LogP contribution < -0.4 is 9.64 Å². The van der Waals surface area contributed by atoms with Crippen LogP contribution in [0.2, 0.25) is 0 Å². The molecule has 5 aromatic rings. The third kappa shape index (κ3) is 5.45. The van der Waals surface area contributed by atoms with Crippen LogP contribution in [0.25, 0.3) is 5.69 Å². The number of hydrogen-bond donors (Lipinski definition) is 1. The van der Waals surface area contributed by atoms with Crippen molar-refractivity contribution in [3.05, 3.63) is 114 Å². The first-order valence-electron chi connectivity index (χ1n) is 13.1. The Bertz CT molecular complexity index is 1560. The summed E-state index contributed by atoms with van der Waals surface area (Å²) in [6.07, 6.45) is 2.65. The Morgan fingerprint density at radius 3 is 2.42 bits per heavy atom. The Balaban J connectivity index is 1.07. The topological polar surface area (TPSA) is 96.6 Å². The zero-order valence-corrected chi connectivity index (χ0v) is 22.7. The predicted molar refractivity (Wildman–Crippen MR) is 153 cm³/mol. The standard InChI is InChI=1S/C30H28N6O3S/c1-21-20-34(18-19-35(21)29(38)23-8-12-24(13-9-23)36-17-5-16-31-36)30-32-28(33-40-30)27(37)22-10-14-26(15-11-22)39-25-6-3-2-4-7-25/h2-17,21,27,37H,18-20H2,1H3. The molecule has 0 aliphatic carbocycles. The normalized spacial score (nSPS) is 16.1. The molecule has 202 valence electrons. The molecule has 0 radical (unpaired) electrons. The second-order valence-corrected chi connectivity index (χ2v) is 10.3. The summed E-state index contributed by atoms with van der Waals surface area (Å²) < 4.78 is 12.0. The third-order valence-electron chi connectivity index (χ3n) is 6.89. The Morgan fingerprint density at radius 1 is 0.975 bits per heavy atom. The fourth-order valence-corrected chi connectivity index (χ4v) is 5.47. The average molecular weight is 553 g/mol. The molecule has 2 unspecified atom stereocenters. The van der Waals surface area contributed by atoms with Gasteiger partial charge in [0.25, 0.3) is 5.91 Å². The predicted octanol–water partition coefficient (Wildman–Crippen LogP) is 4.95. The maximum Gasteiger partial charge on any atom is 0.254 e. The number of carbonyl (C=O) groups is 1. The summed E-state index contributed by atoms with van der Waals surface area (Å²) >= 11 is 1.26. The molecule has 0 saturated carbocycles. The molecule has 1 aliphatic heterocycles. The zero-order valence-electron chi connectivity index (χ0n) is 21.9. The van der Waals surface area contributed by atoms with Crippen molar-refractivity contribution < 1.29 is 14.6 Å². The van der Waals surface area contributed by atoms with E-state index in [1.54, 1.807) is 10.9 Å². The number of para-hydroxylation sites is 1. The Hall–Kier alpha value is -4.54. The number of benzene rings is 3. The van der Waals surface area contributed by atoms with Gasteiger partial charge in [0, 0.05) is 55.2 Å². The van der Waals surface area contributed by atoms with Gasteiger partial charge >= 0.3 is 0 Å². The molecule has 40 heavy (non-hydrogen) atoms. The molecule has 2 atom stereocenters. The highest BCUT2D eigenvalue weighted by Gasteiger charge is 2.30. The molecule has 3 heterocycles. The van der Waals surface area contributed by atoms with Crippen molar-refractivity contribution >= 4 is 22.6 Å². The van der Waals surface area contributed by atoms with E-state index in [0.717, 1.165) is 16.6 Å². The van der Waals surface area contributed by atoms with Crippen molar-refractivity contribution in [2.24, 2.45) is 0 Å². The molecule has 3 aromatic carbocycles. The highest BCUT2D eigenvalue weighted by molar-refractivity contribution is 7.09. The maximum atomic E-state index is 13.2. The van der Waals surface area contributed by atoms with Gasteiger partial charge in [0.05, 0.1) is 5.69 Å². The van der Waals surface area contributed by atoms with Gasteiger partial charge in [-0.2, -0.15) is 9.47 Å². The van der Waals surface area contributed by atoms with E-state index in [9.17, 15) is 9.90 Å². The van der Waals surface area contributed by atoms with Crippen LogP contribution in [0.4, 0.5) is 5.13 Å². The minimum absolute atomic E-state index is 0.00670. The molecular weight excluding hydrogens is 524 g/mol.